The minimum absolute atomic E-state index is 0.0180. The molecule has 0 aliphatic heterocycles. The number of carbonyl (C=O) groups excluding carboxylic acids is 1. The third-order valence-corrected chi connectivity index (χ3v) is 3.29. The summed E-state index contributed by atoms with van der Waals surface area (Å²) in [6.07, 6.45) is 3.74. The zero-order valence-corrected chi connectivity index (χ0v) is 10.7. The lowest BCUT2D eigenvalue weighted by atomic mass is 9.95. The Labute approximate surface area is 110 Å². The first kappa shape index (κ1) is 13.3. The van der Waals surface area contributed by atoms with Crippen LogP contribution in [-0.4, -0.2) is 40.5 Å². The number of H-pyrrole nitrogens is 1. The molecule has 0 radical (unpaired) electrons. The third-order valence-electron chi connectivity index (χ3n) is 3.29. The van der Waals surface area contributed by atoms with E-state index in [1.165, 1.54) is 7.05 Å². The molecule has 0 saturated carbocycles. The minimum Gasteiger partial charge on any atom is -0.480 e. The van der Waals surface area contributed by atoms with Gasteiger partial charge in [-0.1, -0.05) is 0 Å². The van der Waals surface area contributed by atoms with Gasteiger partial charge in [0.05, 0.1) is 0 Å². The standard InChI is InChI=1S/C13H16N2O4/c1-15(7-11(16)17)13(19)9-6-8-4-2-3-5-10(8)14-12(9)18/h6H,2-5,7H2,1H3,(H,14,18)(H,16,17). The Bertz CT molecular complexity index is 576. The number of aryl methyl sites for hydroxylation is 2. The maximum Gasteiger partial charge on any atom is 0.323 e. The average molecular weight is 264 g/mol. The highest BCUT2D eigenvalue weighted by molar-refractivity contribution is 5.95. The van der Waals surface area contributed by atoms with Gasteiger partial charge in [-0.3, -0.25) is 14.4 Å². The molecule has 2 rings (SSSR count). The Morgan fingerprint density at radius 3 is 2.74 bits per heavy atom. The van der Waals surface area contributed by atoms with Gasteiger partial charge in [0.2, 0.25) is 0 Å². The van der Waals surface area contributed by atoms with E-state index in [0.29, 0.717) is 0 Å². The fourth-order valence-electron chi connectivity index (χ4n) is 2.31. The summed E-state index contributed by atoms with van der Waals surface area (Å²) in [5.41, 5.74) is 1.46. The molecule has 1 aliphatic carbocycles. The van der Waals surface area contributed by atoms with E-state index in [2.05, 4.69) is 4.98 Å². The summed E-state index contributed by atoms with van der Waals surface area (Å²) in [5.74, 6) is -1.66. The Hall–Kier alpha value is -2.11. The van der Waals surface area contributed by atoms with E-state index in [9.17, 15) is 14.4 Å². The van der Waals surface area contributed by atoms with Crippen molar-refractivity contribution in [3.05, 3.63) is 33.2 Å². The van der Waals surface area contributed by atoms with Crippen LogP contribution in [0.5, 0.6) is 0 Å². The first-order valence-electron chi connectivity index (χ1n) is 6.21. The first-order valence-corrected chi connectivity index (χ1v) is 6.21. The lowest BCUT2D eigenvalue weighted by Gasteiger charge is -2.18. The van der Waals surface area contributed by atoms with Gasteiger partial charge in [-0.05, 0) is 37.3 Å². The number of carboxylic acids is 1. The number of likely N-dealkylation sites (N-methyl/N-ethyl adjacent to an activating group) is 1. The van der Waals surface area contributed by atoms with Gasteiger partial charge in [-0.2, -0.15) is 0 Å². The molecule has 6 nitrogen and oxygen atoms in total. The number of aromatic amines is 1. The molecule has 19 heavy (non-hydrogen) atoms. The fraction of sp³-hybridized carbons (Fsp3) is 0.462. The highest BCUT2D eigenvalue weighted by Crippen LogP contribution is 2.18. The van der Waals surface area contributed by atoms with Crippen LogP contribution in [0.2, 0.25) is 0 Å². The summed E-state index contributed by atoms with van der Waals surface area (Å²) in [5, 5.41) is 8.66. The first-order chi connectivity index (χ1) is 8.99. The van der Waals surface area contributed by atoms with Crippen LogP contribution in [0.3, 0.4) is 0 Å². The smallest absolute Gasteiger partial charge is 0.323 e. The van der Waals surface area contributed by atoms with Gasteiger partial charge in [0.25, 0.3) is 11.5 Å². The topological polar surface area (TPSA) is 90.5 Å². The molecule has 1 heterocycles. The zero-order chi connectivity index (χ0) is 14.0. The van der Waals surface area contributed by atoms with Crippen LogP contribution in [0.25, 0.3) is 0 Å². The number of carboxylic acid groups (broad SMARTS) is 1. The van der Waals surface area contributed by atoms with Crippen molar-refractivity contribution in [2.75, 3.05) is 13.6 Å². The lowest BCUT2D eigenvalue weighted by molar-refractivity contribution is -0.137. The van der Waals surface area contributed by atoms with E-state index in [-0.39, 0.29) is 5.56 Å². The van der Waals surface area contributed by atoms with Gasteiger partial charge in [0.15, 0.2) is 0 Å². The number of aliphatic carboxylic acids is 1. The Morgan fingerprint density at radius 2 is 2.05 bits per heavy atom. The Kier molecular flexibility index (Phi) is 3.69. The molecule has 0 fully saturated rings. The highest BCUT2D eigenvalue weighted by atomic mass is 16.4. The van der Waals surface area contributed by atoms with Crippen LogP contribution in [0.4, 0.5) is 0 Å². The van der Waals surface area contributed by atoms with Crippen LogP contribution in [0.1, 0.15) is 34.5 Å². The quantitative estimate of drug-likeness (QED) is 0.827. The number of nitrogens with zero attached hydrogens (tertiary/aromatic N) is 1. The SMILES string of the molecule is CN(CC(=O)O)C(=O)c1cc2c([nH]c1=O)CCCC2. The molecule has 1 aliphatic rings. The van der Waals surface area contributed by atoms with Crippen molar-refractivity contribution in [1.82, 2.24) is 9.88 Å². The van der Waals surface area contributed by atoms with Crippen molar-refractivity contribution in [2.45, 2.75) is 25.7 Å². The highest BCUT2D eigenvalue weighted by Gasteiger charge is 2.20. The second-order valence-corrected chi connectivity index (χ2v) is 4.78. The number of amides is 1. The molecule has 0 unspecified atom stereocenters. The second-order valence-electron chi connectivity index (χ2n) is 4.78. The van der Waals surface area contributed by atoms with E-state index in [1.807, 2.05) is 0 Å². The van der Waals surface area contributed by atoms with Crippen LogP contribution in [-0.2, 0) is 17.6 Å². The van der Waals surface area contributed by atoms with Crippen LogP contribution >= 0.6 is 0 Å². The molecule has 0 atom stereocenters. The van der Waals surface area contributed by atoms with Crippen molar-refractivity contribution < 1.29 is 14.7 Å². The number of fused-ring (bicyclic) bond motifs is 1. The van der Waals surface area contributed by atoms with Gasteiger partial charge < -0.3 is 15.0 Å². The monoisotopic (exact) mass is 264 g/mol. The third kappa shape index (κ3) is 2.83. The Morgan fingerprint density at radius 1 is 1.37 bits per heavy atom. The van der Waals surface area contributed by atoms with Crippen molar-refractivity contribution in [2.24, 2.45) is 0 Å². The normalized spacial score (nSPS) is 13.7. The summed E-state index contributed by atoms with van der Waals surface area (Å²) >= 11 is 0. The molecule has 2 N–H and O–H groups in total. The summed E-state index contributed by atoms with van der Waals surface area (Å²) in [6, 6.07) is 1.61. The maximum absolute atomic E-state index is 12.0. The molecule has 1 aromatic rings. The molecule has 102 valence electrons. The molecular weight excluding hydrogens is 248 g/mol. The van der Waals surface area contributed by atoms with Gasteiger partial charge in [-0.15, -0.1) is 0 Å². The van der Waals surface area contributed by atoms with E-state index in [0.717, 1.165) is 41.8 Å². The number of carbonyl (C=O) groups is 2. The summed E-state index contributed by atoms with van der Waals surface area (Å²) in [4.78, 5) is 38.2. The minimum atomic E-state index is -1.11. The molecular formula is C13H16N2O4. The second kappa shape index (κ2) is 5.26. The fourth-order valence-corrected chi connectivity index (χ4v) is 2.31. The van der Waals surface area contributed by atoms with Crippen LogP contribution in [0, 0.1) is 0 Å². The molecule has 0 spiro atoms. The molecule has 0 aromatic carbocycles. The van der Waals surface area contributed by atoms with Crippen LogP contribution < -0.4 is 5.56 Å². The number of hydrogen-bond acceptors (Lipinski definition) is 3. The molecule has 0 saturated heterocycles. The summed E-state index contributed by atoms with van der Waals surface area (Å²) in [6.45, 7) is -0.421. The number of aromatic nitrogens is 1. The van der Waals surface area contributed by atoms with Gasteiger partial charge >= 0.3 is 5.97 Å². The summed E-state index contributed by atoms with van der Waals surface area (Å²) < 4.78 is 0. The predicted molar refractivity (Wildman–Crippen MR) is 68.3 cm³/mol. The average Bonchev–Trinajstić information content (AvgIpc) is 2.36. The van der Waals surface area contributed by atoms with Gasteiger partial charge in [0.1, 0.15) is 12.1 Å². The van der Waals surface area contributed by atoms with E-state index >= 15 is 0 Å². The van der Waals surface area contributed by atoms with E-state index < -0.39 is 24.0 Å². The number of nitrogens with one attached hydrogen (secondary N) is 1. The largest absolute Gasteiger partial charge is 0.480 e. The van der Waals surface area contributed by atoms with Gasteiger partial charge in [0, 0.05) is 12.7 Å². The molecule has 1 aromatic heterocycles. The number of rotatable bonds is 3. The number of pyridine rings is 1. The maximum atomic E-state index is 12.0. The number of hydrogen-bond donors (Lipinski definition) is 2. The van der Waals surface area contributed by atoms with E-state index in [1.54, 1.807) is 6.07 Å². The zero-order valence-electron chi connectivity index (χ0n) is 10.7. The lowest BCUT2D eigenvalue weighted by Crippen LogP contribution is -2.36. The molecule has 6 heteroatoms. The van der Waals surface area contributed by atoms with Gasteiger partial charge in [-0.25, -0.2) is 0 Å². The molecule has 0 bridgehead atoms. The summed E-state index contributed by atoms with van der Waals surface area (Å²) in [7, 11) is 1.37. The Balaban J connectivity index is 2.32. The van der Waals surface area contributed by atoms with Crippen LogP contribution in [0.15, 0.2) is 10.9 Å². The predicted octanol–water partition coefficient (Wildman–Crippen LogP) is 0.410. The van der Waals surface area contributed by atoms with Crippen molar-refractivity contribution >= 4 is 11.9 Å². The van der Waals surface area contributed by atoms with Crippen molar-refractivity contribution in [3.8, 4) is 0 Å². The van der Waals surface area contributed by atoms with Crippen molar-refractivity contribution in [3.63, 3.8) is 0 Å². The molecule has 1 amide bonds. The van der Waals surface area contributed by atoms with Crippen molar-refractivity contribution in [1.29, 1.82) is 0 Å². The van der Waals surface area contributed by atoms with E-state index in [4.69, 9.17) is 5.11 Å².